The van der Waals surface area contributed by atoms with Crippen molar-refractivity contribution in [2.75, 3.05) is 27.7 Å². The third-order valence-electron chi connectivity index (χ3n) is 3.05. The van der Waals surface area contributed by atoms with Gasteiger partial charge in [0.25, 0.3) is 0 Å². The lowest BCUT2D eigenvalue weighted by atomic mass is 10.3. The molecule has 2 aromatic rings. The Kier molecular flexibility index (Phi) is 13.0. The van der Waals surface area contributed by atoms with Crippen LogP contribution in [0.5, 0.6) is 0 Å². The Morgan fingerprint density at radius 1 is 0.917 bits per heavy atom. The number of hydrogen-bond acceptors (Lipinski definition) is 3. The van der Waals surface area contributed by atoms with E-state index in [0.717, 1.165) is 16.3 Å². The molecule has 0 saturated heterocycles. The molecule has 0 aliphatic carbocycles. The van der Waals surface area contributed by atoms with Crippen molar-refractivity contribution in [1.29, 1.82) is 0 Å². The summed E-state index contributed by atoms with van der Waals surface area (Å²) in [6, 6.07) is 19.6. The molecule has 0 heterocycles. The third kappa shape index (κ3) is 9.60. The van der Waals surface area contributed by atoms with Crippen LogP contribution in [0.25, 0.3) is 0 Å². The van der Waals surface area contributed by atoms with E-state index in [-0.39, 0.29) is 0 Å². The molecule has 0 aliphatic rings. The van der Waals surface area contributed by atoms with Gasteiger partial charge in [-0.2, -0.15) is 0 Å². The number of likely N-dealkylation sites (N-methyl/N-ethyl adjacent to an activating group) is 2. The zero-order chi connectivity index (χ0) is 18.4. The summed E-state index contributed by atoms with van der Waals surface area (Å²) in [6.07, 6.45) is 0. The van der Waals surface area contributed by atoms with Crippen LogP contribution >= 0.6 is 0 Å². The lowest BCUT2D eigenvalue weighted by molar-refractivity contribution is 0.360. The van der Waals surface area contributed by atoms with E-state index >= 15 is 0 Å². The topological polar surface area (TPSA) is 32.3 Å². The summed E-state index contributed by atoms with van der Waals surface area (Å²) in [4.78, 5) is 3.86. The number of nitrogens with zero attached hydrogens (tertiary/aromatic N) is 1. The van der Waals surface area contributed by atoms with E-state index in [1.54, 1.807) is 0 Å². The molecule has 0 fully saturated rings. The van der Waals surface area contributed by atoms with Gasteiger partial charge in [0.2, 0.25) is 0 Å². The van der Waals surface area contributed by atoms with Crippen LogP contribution in [0.1, 0.15) is 20.8 Å². The lowest BCUT2D eigenvalue weighted by Crippen LogP contribution is -2.33. The average Bonchev–Trinajstić information content (AvgIpc) is 2.64. The van der Waals surface area contributed by atoms with Crippen molar-refractivity contribution in [3.05, 3.63) is 60.7 Å². The van der Waals surface area contributed by atoms with Gasteiger partial charge in [-0.25, -0.2) is 4.21 Å². The first-order chi connectivity index (χ1) is 11.5. The molecule has 1 unspecified atom stereocenters. The van der Waals surface area contributed by atoms with Gasteiger partial charge in [-0.05, 0) is 52.3 Å². The minimum absolute atomic E-state index is 0.602. The van der Waals surface area contributed by atoms with E-state index in [0.29, 0.717) is 6.04 Å². The first-order valence-electron chi connectivity index (χ1n) is 8.38. The molecule has 24 heavy (non-hydrogen) atoms. The van der Waals surface area contributed by atoms with Crippen LogP contribution in [0.4, 0.5) is 0 Å². The van der Waals surface area contributed by atoms with Gasteiger partial charge in [0.15, 0.2) is 0 Å². The number of benzene rings is 2. The quantitative estimate of drug-likeness (QED) is 0.885. The standard InChI is InChI=1S/C12H10OS.C6H16N2.C2H6/c13-14(11-7-3-1-4-8-11)12-9-5-2-6-10-12;1-6(7-2)5-8(3)4;1-2/h1-10H;6-7H,5H2,1-4H3;1-2H3. The summed E-state index contributed by atoms with van der Waals surface area (Å²) < 4.78 is 12.0. The maximum absolute atomic E-state index is 12.0. The minimum atomic E-state index is -1.05. The fourth-order valence-corrected chi connectivity index (χ4v) is 2.94. The highest BCUT2D eigenvalue weighted by atomic mass is 32.2. The van der Waals surface area contributed by atoms with Crippen molar-refractivity contribution < 1.29 is 4.21 Å². The molecule has 0 aromatic heterocycles. The molecule has 0 radical (unpaired) electrons. The first kappa shape index (κ1) is 22.5. The van der Waals surface area contributed by atoms with Crippen LogP contribution in [0.2, 0.25) is 0 Å². The van der Waals surface area contributed by atoms with Crippen molar-refractivity contribution in [2.24, 2.45) is 0 Å². The van der Waals surface area contributed by atoms with Gasteiger partial charge in [0, 0.05) is 22.4 Å². The predicted molar refractivity (Wildman–Crippen MR) is 106 cm³/mol. The van der Waals surface area contributed by atoms with Gasteiger partial charge in [-0.3, -0.25) is 0 Å². The molecule has 0 saturated carbocycles. The third-order valence-corrected chi connectivity index (χ3v) is 4.45. The maximum atomic E-state index is 12.0. The molecule has 4 heteroatoms. The zero-order valence-electron chi connectivity index (χ0n) is 15.8. The largest absolute Gasteiger partial charge is 0.316 e. The van der Waals surface area contributed by atoms with Crippen LogP contribution in [-0.2, 0) is 10.8 Å². The van der Waals surface area contributed by atoms with E-state index < -0.39 is 10.8 Å². The van der Waals surface area contributed by atoms with Crippen LogP contribution in [0, 0.1) is 0 Å². The van der Waals surface area contributed by atoms with Crippen molar-refractivity contribution in [1.82, 2.24) is 10.2 Å². The molecule has 2 rings (SSSR count). The average molecular weight is 349 g/mol. The SMILES string of the molecule is CC.CNC(C)CN(C)C.O=S(c1ccccc1)c1ccccc1. The van der Waals surface area contributed by atoms with Gasteiger partial charge in [0.05, 0.1) is 10.8 Å². The fraction of sp³-hybridized carbons (Fsp3) is 0.400. The summed E-state index contributed by atoms with van der Waals surface area (Å²) in [5, 5.41) is 3.15. The van der Waals surface area contributed by atoms with Gasteiger partial charge < -0.3 is 10.2 Å². The molecule has 3 nitrogen and oxygen atoms in total. The van der Waals surface area contributed by atoms with Crippen molar-refractivity contribution in [3.8, 4) is 0 Å². The van der Waals surface area contributed by atoms with Crippen LogP contribution in [0.15, 0.2) is 70.5 Å². The predicted octanol–water partition coefficient (Wildman–Crippen LogP) is 4.04. The van der Waals surface area contributed by atoms with Crippen molar-refractivity contribution >= 4 is 10.8 Å². The van der Waals surface area contributed by atoms with Crippen LogP contribution in [-0.4, -0.2) is 42.8 Å². The smallest absolute Gasteiger partial charge is 0.0849 e. The Morgan fingerprint density at radius 3 is 1.54 bits per heavy atom. The number of rotatable bonds is 5. The fourth-order valence-electron chi connectivity index (χ4n) is 1.86. The lowest BCUT2D eigenvalue weighted by Gasteiger charge is -2.15. The summed E-state index contributed by atoms with van der Waals surface area (Å²) in [7, 11) is 5.09. The molecule has 2 aromatic carbocycles. The summed E-state index contributed by atoms with van der Waals surface area (Å²) in [5.41, 5.74) is 0. The second kappa shape index (κ2) is 13.9. The normalized spacial score (nSPS) is 11.2. The first-order valence-corrected chi connectivity index (χ1v) is 9.53. The van der Waals surface area contributed by atoms with E-state index in [4.69, 9.17) is 0 Å². The summed E-state index contributed by atoms with van der Waals surface area (Å²) >= 11 is 0. The highest BCUT2D eigenvalue weighted by Crippen LogP contribution is 2.14. The Bertz CT molecular complexity index is 503. The molecule has 1 atom stereocenters. The Balaban J connectivity index is 0.000000456. The molecule has 0 aliphatic heterocycles. The number of nitrogens with one attached hydrogen (secondary N) is 1. The summed E-state index contributed by atoms with van der Waals surface area (Å²) in [5.74, 6) is 0. The molecule has 0 bridgehead atoms. The second-order valence-electron chi connectivity index (χ2n) is 5.35. The van der Waals surface area contributed by atoms with Crippen molar-refractivity contribution in [2.45, 2.75) is 36.6 Å². The zero-order valence-corrected chi connectivity index (χ0v) is 16.6. The highest BCUT2D eigenvalue weighted by molar-refractivity contribution is 7.85. The Labute approximate surface area is 150 Å². The monoisotopic (exact) mass is 348 g/mol. The Hall–Kier alpha value is -1.49. The Morgan fingerprint density at radius 2 is 1.29 bits per heavy atom. The minimum Gasteiger partial charge on any atom is -0.316 e. The van der Waals surface area contributed by atoms with Gasteiger partial charge in [-0.15, -0.1) is 0 Å². The van der Waals surface area contributed by atoms with E-state index in [9.17, 15) is 4.21 Å². The highest BCUT2D eigenvalue weighted by Gasteiger charge is 2.04. The molecule has 1 N–H and O–H groups in total. The molecule has 0 spiro atoms. The van der Waals surface area contributed by atoms with Gasteiger partial charge in [0.1, 0.15) is 0 Å². The molecule has 0 amide bonds. The van der Waals surface area contributed by atoms with Crippen LogP contribution in [0.3, 0.4) is 0 Å². The van der Waals surface area contributed by atoms with E-state index in [1.165, 1.54) is 0 Å². The molecular formula is C20H32N2OS. The van der Waals surface area contributed by atoms with E-state index in [2.05, 4.69) is 31.2 Å². The van der Waals surface area contributed by atoms with Gasteiger partial charge in [-0.1, -0.05) is 50.2 Å². The second-order valence-corrected chi connectivity index (χ2v) is 6.83. The molecule has 134 valence electrons. The van der Waals surface area contributed by atoms with Crippen molar-refractivity contribution in [3.63, 3.8) is 0 Å². The summed E-state index contributed by atoms with van der Waals surface area (Å²) in [6.45, 7) is 7.27. The molecular weight excluding hydrogens is 316 g/mol. The van der Waals surface area contributed by atoms with Gasteiger partial charge >= 0.3 is 0 Å². The van der Waals surface area contributed by atoms with E-state index in [1.807, 2.05) is 81.6 Å². The maximum Gasteiger partial charge on any atom is 0.0849 e. The van der Waals surface area contributed by atoms with Crippen LogP contribution < -0.4 is 5.32 Å². The number of hydrogen-bond donors (Lipinski definition) is 1.